The van der Waals surface area contributed by atoms with Gasteiger partial charge in [-0.3, -0.25) is 0 Å². The maximum Gasteiger partial charge on any atom is 0.243 e. The second-order valence-electron chi connectivity index (χ2n) is 10.3. The first-order valence-electron chi connectivity index (χ1n) is 12.6. The number of pyridine rings is 1. The second-order valence-corrected chi connectivity index (χ2v) is 10.3. The number of nitrogens with zero attached hydrogens (tertiary/aromatic N) is 2. The van der Waals surface area contributed by atoms with Crippen molar-refractivity contribution in [3.63, 3.8) is 0 Å². The number of fused-ring (bicyclic) bond motifs is 1. The van der Waals surface area contributed by atoms with E-state index >= 15 is 0 Å². The molecular formula is C31H33N5O. The first-order chi connectivity index (χ1) is 17.9. The Kier molecular flexibility index (Phi) is 6.93. The fraction of sp³-hybridized carbons (Fsp3) is 0.226. The number of aromatic nitrogens is 3. The summed E-state index contributed by atoms with van der Waals surface area (Å²) >= 11 is 0. The Morgan fingerprint density at radius 2 is 1.70 bits per heavy atom. The Labute approximate surface area is 218 Å². The van der Waals surface area contributed by atoms with Crippen molar-refractivity contribution < 1.29 is 4.74 Å². The van der Waals surface area contributed by atoms with Crippen LogP contribution in [0.25, 0.3) is 11.0 Å². The summed E-state index contributed by atoms with van der Waals surface area (Å²) < 4.78 is 6.30. The number of imidazole rings is 1. The van der Waals surface area contributed by atoms with Crippen molar-refractivity contribution in [2.45, 2.75) is 45.7 Å². The summed E-state index contributed by atoms with van der Waals surface area (Å²) in [5, 5.41) is 6.96. The zero-order chi connectivity index (χ0) is 25.8. The number of rotatable bonds is 8. The van der Waals surface area contributed by atoms with Crippen LogP contribution in [0, 0.1) is 0 Å². The van der Waals surface area contributed by atoms with Crippen molar-refractivity contribution in [1.82, 2.24) is 20.3 Å². The van der Waals surface area contributed by atoms with Gasteiger partial charge in [-0.25, -0.2) is 9.97 Å². The molecule has 0 aliphatic carbocycles. The quantitative estimate of drug-likeness (QED) is 0.208. The molecule has 1 atom stereocenters. The molecule has 0 saturated heterocycles. The summed E-state index contributed by atoms with van der Waals surface area (Å²) in [7, 11) is 0. The largest absolute Gasteiger partial charge is 0.437 e. The van der Waals surface area contributed by atoms with Crippen LogP contribution in [-0.2, 0) is 12.0 Å². The number of aromatic amines is 1. The number of para-hydroxylation sites is 1. The van der Waals surface area contributed by atoms with Gasteiger partial charge < -0.3 is 20.4 Å². The zero-order valence-corrected chi connectivity index (χ0v) is 21.7. The van der Waals surface area contributed by atoms with Crippen molar-refractivity contribution >= 4 is 22.7 Å². The molecule has 188 valence electrons. The molecule has 3 N–H and O–H groups in total. The minimum atomic E-state index is -0.0531. The van der Waals surface area contributed by atoms with Gasteiger partial charge in [-0.15, -0.1) is 0 Å². The molecule has 0 saturated carbocycles. The van der Waals surface area contributed by atoms with Crippen LogP contribution in [0.4, 0.5) is 11.6 Å². The lowest BCUT2D eigenvalue weighted by Crippen LogP contribution is -2.17. The van der Waals surface area contributed by atoms with Gasteiger partial charge in [0.05, 0.1) is 11.0 Å². The minimum absolute atomic E-state index is 0.0531. The number of anilines is 2. The van der Waals surface area contributed by atoms with Crippen molar-refractivity contribution in [3.8, 4) is 11.6 Å². The number of benzene rings is 3. The van der Waals surface area contributed by atoms with Gasteiger partial charge in [0.1, 0.15) is 11.4 Å². The van der Waals surface area contributed by atoms with E-state index in [1.54, 1.807) is 6.20 Å². The summed E-state index contributed by atoms with van der Waals surface area (Å²) in [6.45, 7) is 9.51. The van der Waals surface area contributed by atoms with Gasteiger partial charge in [0.15, 0.2) is 0 Å². The molecule has 2 aromatic heterocycles. The summed E-state index contributed by atoms with van der Waals surface area (Å²) in [6, 6.07) is 28.9. The van der Waals surface area contributed by atoms with Crippen LogP contribution in [-0.4, -0.2) is 15.0 Å². The number of nitrogens with one attached hydrogen (secondary N) is 3. The van der Waals surface area contributed by atoms with Crippen molar-refractivity contribution in [2.24, 2.45) is 0 Å². The van der Waals surface area contributed by atoms with Crippen LogP contribution in [0.15, 0.2) is 91.1 Å². The average molecular weight is 492 g/mol. The highest BCUT2D eigenvalue weighted by Crippen LogP contribution is 2.36. The molecule has 5 aromatic rings. The molecule has 2 heterocycles. The fourth-order valence-corrected chi connectivity index (χ4v) is 4.31. The third kappa shape index (κ3) is 5.81. The van der Waals surface area contributed by atoms with Crippen molar-refractivity contribution in [3.05, 3.63) is 108 Å². The molecule has 0 aliphatic heterocycles. The minimum Gasteiger partial charge on any atom is -0.437 e. The highest BCUT2D eigenvalue weighted by molar-refractivity contribution is 5.79. The van der Waals surface area contributed by atoms with E-state index in [4.69, 9.17) is 9.72 Å². The molecule has 0 amide bonds. The van der Waals surface area contributed by atoms with Gasteiger partial charge in [0, 0.05) is 24.3 Å². The number of ether oxygens (including phenoxy) is 1. The topological polar surface area (TPSA) is 74.9 Å². The molecular weight excluding hydrogens is 458 g/mol. The van der Waals surface area contributed by atoms with E-state index in [1.807, 2.05) is 42.5 Å². The van der Waals surface area contributed by atoms with E-state index in [2.05, 4.69) is 90.8 Å². The van der Waals surface area contributed by atoms with Crippen molar-refractivity contribution in [2.75, 3.05) is 5.32 Å². The molecule has 0 spiro atoms. The van der Waals surface area contributed by atoms with Gasteiger partial charge in [-0.2, -0.15) is 0 Å². The van der Waals surface area contributed by atoms with E-state index in [0.717, 1.165) is 34.6 Å². The summed E-state index contributed by atoms with van der Waals surface area (Å²) in [5.74, 6) is 1.93. The monoisotopic (exact) mass is 491 g/mol. The van der Waals surface area contributed by atoms with E-state index in [0.29, 0.717) is 11.8 Å². The standard InChI is InChI=1S/C31H33N5O/c1-21(33-20-22-11-6-5-7-12-22)23-16-17-25-27(19-23)36-30(34-25)35-26-14-10-18-32-29(26)37-28-15-9-8-13-24(28)31(2,3)4/h5-19,21,33H,20H2,1-4H3,(H2,34,35,36). The van der Waals surface area contributed by atoms with Crippen LogP contribution < -0.4 is 15.4 Å². The van der Waals surface area contributed by atoms with Crippen LogP contribution in [0.3, 0.4) is 0 Å². The summed E-state index contributed by atoms with van der Waals surface area (Å²) in [6.07, 6.45) is 1.73. The SMILES string of the molecule is CC(NCc1ccccc1)c1ccc2nc(Nc3cccnc3Oc3ccccc3C(C)(C)C)[nH]c2c1. The Morgan fingerprint density at radius 3 is 2.51 bits per heavy atom. The Morgan fingerprint density at radius 1 is 0.919 bits per heavy atom. The van der Waals surface area contributed by atoms with Gasteiger partial charge >= 0.3 is 0 Å². The number of H-pyrrole nitrogens is 1. The normalized spacial score (nSPS) is 12.4. The van der Waals surface area contributed by atoms with Crippen LogP contribution in [0.2, 0.25) is 0 Å². The molecule has 0 aliphatic rings. The van der Waals surface area contributed by atoms with Crippen LogP contribution in [0.5, 0.6) is 11.6 Å². The lowest BCUT2D eigenvalue weighted by molar-refractivity contribution is 0.442. The molecule has 1 unspecified atom stereocenters. The smallest absolute Gasteiger partial charge is 0.243 e. The average Bonchev–Trinajstić information content (AvgIpc) is 3.30. The molecule has 5 rings (SSSR count). The summed E-state index contributed by atoms with van der Waals surface area (Å²) in [4.78, 5) is 12.6. The molecule has 0 fully saturated rings. The van der Waals surface area contributed by atoms with E-state index in [1.165, 1.54) is 11.1 Å². The molecule has 37 heavy (non-hydrogen) atoms. The third-order valence-electron chi connectivity index (χ3n) is 6.39. The second kappa shape index (κ2) is 10.4. The van der Waals surface area contributed by atoms with Crippen LogP contribution >= 0.6 is 0 Å². The molecule has 6 heteroatoms. The maximum absolute atomic E-state index is 6.30. The number of hydrogen-bond donors (Lipinski definition) is 3. The van der Waals surface area contributed by atoms with Crippen molar-refractivity contribution in [1.29, 1.82) is 0 Å². The third-order valence-corrected chi connectivity index (χ3v) is 6.39. The van der Waals surface area contributed by atoms with Gasteiger partial charge in [-0.05, 0) is 53.8 Å². The van der Waals surface area contributed by atoms with Gasteiger partial charge in [0.25, 0.3) is 0 Å². The maximum atomic E-state index is 6.30. The van der Waals surface area contributed by atoms with E-state index in [-0.39, 0.29) is 11.5 Å². The fourth-order valence-electron chi connectivity index (χ4n) is 4.31. The first-order valence-corrected chi connectivity index (χ1v) is 12.6. The highest BCUT2D eigenvalue weighted by Gasteiger charge is 2.20. The van der Waals surface area contributed by atoms with Gasteiger partial charge in [-0.1, -0.05) is 75.4 Å². The Hall–Kier alpha value is -4.16. The lowest BCUT2D eigenvalue weighted by Gasteiger charge is -2.22. The first kappa shape index (κ1) is 24.5. The predicted molar refractivity (Wildman–Crippen MR) is 151 cm³/mol. The molecule has 0 bridgehead atoms. The molecule has 0 radical (unpaired) electrons. The lowest BCUT2D eigenvalue weighted by atomic mass is 9.86. The van der Waals surface area contributed by atoms with E-state index < -0.39 is 0 Å². The van der Waals surface area contributed by atoms with Crippen LogP contribution in [0.1, 0.15) is 50.4 Å². The highest BCUT2D eigenvalue weighted by atomic mass is 16.5. The zero-order valence-electron chi connectivity index (χ0n) is 21.7. The Balaban J connectivity index is 1.34. The summed E-state index contributed by atoms with van der Waals surface area (Å²) in [5.41, 5.74) is 6.14. The van der Waals surface area contributed by atoms with Gasteiger partial charge in [0.2, 0.25) is 11.8 Å². The number of hydrogen-bond acceptors (Lipinski definition) is 5. The Bertz CT molecular complexity index is 1490. The molecule has 6 nitrogen and oxygen atoms in total. The predicted octanol–water partition coefficient (Wildman–Crippen LogP) is 7.64. The molecule has 3 aromatic carbocycles. The van der Waals surface area contributed by atoms with E-state index in [9.17, 15) is 0 Å².